The van der Waals surface area contributed by atoms with Gasteiger partial charge in [-0.2, -0.15) is 0 Å². The summed E-state index contributed by atoms with van der Waals surface area (Å²) in [5, 5.41) is 3.35. The molecular weight excluding hydrogens is 202 g/mol. The standard InChI is InChI=1S/C13H17NO2/c1-3-11-6-7-12(16-11)9-14-10(2)13-5-4-8-15-13/h4-8,10,14H,3,9H2,1-2H3/t10-/m0/s1. The number of aryl methyl sites for hydroxylation is 1. The second kappa shape index (κ2) is 5.03. The molecule has 2 aromatic rings. The van der Waals surface area contributed by atoms with Crippen molar-refractivity contribution in [1.82, 2.24) is 5.32 Å². The van der Waals surface area contributed by atoms with Gasteiger partial charge in [0, 0.05) is 6.42 Å². The quantitative estimate of drug-likeness (QED) is 0.838. The third-order valence-corrected chi connectivity index (χ3v) is 2.62. The Balaban J connectivity index is 1.87. The molecule has 0 fully saturated rings. The van der Waals surface area contributed by atoms with E-state index in [1.807, 2.05) is 24.3 Å². The first kappa shape index (κ1) is 11.0. The minimum absolute atomic E-state index is 0.199. The first-order valence-corrected chi connectivity index (χ1v) is 5.64. The molecule has 0 bridgehead atoms. The minimum atomic E-state index is 0.199. The molecular formula is C13H17NO2. The smallest absolute Gasteiger partial charge is 0.120 e. The van der Waals surface area contributed by atoms with E-state index in [0.717, 1.165) is 30.2 Å². The van der Waals surface area contributed by atoms with E-state index in [2.05, 4.69) is 19.2 Å². The SMILES string of the molecule is CCc1ccc(CN[C@@H](C)c2ccco2)o1. The van der Waals surface area contributed by atoms with Crippen molar-refractivity contribution in [2.75, 3.05) is 0 Å². The molecule has 0 spiro atoms. The summed E-state index contributed by atoms with van der Waals surface area (Å²) in [6.45, 7) is 4.88. The average molecular weight is 219 g/mol. The zero-order valence-corrected chi connectivity index (χ0v) is 9.69. The van der Waals surface area contributed by atoms with Crippen LogP contribution in [0.25, 0.3) is 0 Å². The Hall–Kier alpha value is -1.48. The highest BCUT2D eigenvalue weighted by Crippen LogP contribution is 2.14. The lowest BCUT2D eigenvalue weighted by molar-refractivity contribution is 0.398. The summed E-state index contributed by atoms with van der Waals surface area (Å²) in [7, 11) is 0. The molecule has 0 unspecified atom stereocenters. The van der Waals surface area contributed by atoms with E-state index in [0.29, 0.717) is 0 Å². The van der Waals surface area contributed by atoms with Crippen LogP contribution in [0.15, 0.2) is 39.4 Å². The molecule has 2 heterocycles. The molecule has 16 heavy (non-hydrogen) atoms. The molecule has 0 amide bonds. The fourth-order valence-corrected chi connectivity index (χ4v) is 1.60. The van der Waals surface area contributed by atoms with Crippen LogP contribution in [-0.2, 0) is 13.0 Å². The maximum absolute atomic E-state index is 5.61. The molecule has 0 aliphatic heterocycles. The lowest BCUT2D eigenvalue weighted by Gasteiger charge is -2.09. The van der Waals surface area contributed by atoms with Gasteiger partial charge in [-0.05, 0) is 31.2 Å². The van der Waals surface area contributed by atoms with Gasteiger partial charge in [0.25, 0.3) is 0 Å². The molecule has 2 aromatic heterocycles. The molecule has 1 atom stereocenters. The zero-order valence-electron chi connectivity index (χ0n) is 9.69. The Bertz CT molecular complexity index is 417. The number of hydrogen-bond donors (Lipinski definition) is 1. The molecule has 86 valence electrons. The number of hydrogen-bond acceptors (Lipinski definition) is 3. The number of rotatable bonds is 5. The molecule has 0 radical (unpaired) electrons. The topological polar surface area (TPSA) is 38.3 Å². The molecule has 2 rings (SSSR count). The van der Waals surface area contributed by atoms with Crippen molar-refractivity contribution in [1.29, 1.82) is 0 Å². The summed E-state index contributed by atoms with van der Waals surface area (Å²) < 4.78 is 10.9. The summed E-state index contributed by atoms with van der Waals surface area (Å²) in [6.07, 6.45) is 2.63. The third-order valence-electron chi connectivity index (χ3n) is 2.62. The normalized spacial score (nSPS) is 12.9. The Labute approximate surface area is 95.5 Å². The molecule has 3 heteroatoms. The van der Waals surface area contributed by atoms with Gasteiger partial charge in [0.1, 0.15) is 17.3 Å². The first-order chi connectivity index (χ1) is 7.79. The predicted octanol–water partition coefficient (Wildman–Crippen LogP) is 3.29. The molecule has 0 saturated heterocycles. The van der Waals surface area contributed by atoms with Crippen molar-refractivity contribution in [2.45, 2.75) is 32.9 Å². The molecule has 0 aliphatic carbocycles. The first-order valence-electron chi connectivity index (χ1n) is 5.64. The molecule has 3 nitrogen and oxygen atoms in total. The largest absolute Gasteiger partial charge is 0.468 e. The van der Waals surface area contributed by atoms with Crippen LogP contribution >= 0.6 is 0 Å². The van der Waals surface area contributed by atoms with E-state index in [1.165, 1.54) is 0 Å². The van der Waals surface area contributed by atoms with Crippen LogP contribution in [0, 0.1) is 0 Å². The van der Waals surface area contributed by atoms with Crippen LogP contribution in [0.5, 0.6) is 0 Å². The van der Waals surface area contributed by atoms with Crippen LogP contribution in [-0.4, -0.2) is 0 Å². The van der Waals surface area contributed by atoms with Crippen LogP contribution in [0.1, 0.15) is 37.2 Å². The highest BCUT2D eigenvalue weighted by Gasteiger charge is 2.08. The average Bonchev–Trinajstić information content (AvgIpc) is 2.96. The van der Waals surface area contributed by atoms with E-state index in [9.17, 15) is 0 Å². The van der Waals surface area contributed by atoms with Gasteiger partial charge in [-0.15, -0.1) is 0 Å². The van der Waals surface area contributed by atoms with Crippen LogP contribution in [0.4, 0.5) is 0 Å². The monoisotopic (exact) mass is 219 g/mol. The zero-order chi connectivity index (χ0) is 11.4. The summed E-state index contributed by atoms with van der Waals surface area (Å²) in [6, 6.07) is 8.10. The van der Waals surface area contributed by atoms with Crippen LogP contribution in [0.3, 0.4) is 0 Å². The van der Waals surface area contributed by atoms with Gasteiger partial charge in [0.2, 0.25) is 0 Å². The summed E-state index contributed by atoms with van der Waals surface area (Å²) in [5.74, 6) is 2.94. The Kier molecular flexibility index (Phi) is 3.47. The maximum atomic E-state index is 5.61. The van der Waals surface area contributed by atoms with Crippen molar-refractivity contribution in [3.05, 3.63) is 47.8 Å². The van der Waals surface area contributed by atoms with E-state index in [1.54, 1.807) is 6.26 Å². The highest BCUT2D eigenvalue weighted by atomic mass is 16.3. The van der Waals surface area contributed by atoms with Crippen molar-refractivity contribution in [2.24, 2.45) is 0 Å². The van der Waals surface area contributed by atoms with Gasteiger partial charge in [0.15, 0.2) is 0 Å². The second-order valence-electron chi connectivity index (χ2n) is 3.84. The second-order valence-corrected chi connectivity index (χ2v) is 3.84. The third kappa shape index (κ3) is 2.55. The van der Waals surface area contributed by atoms with E-state index in [-0.39, 0.29) is 6.04 Å². The van der Waals surface area contributed by atoms with Crippen molar-refractivity contribution < 1.29 is 8.83 Å². The van der Waals surface area contributed by atoms with Gasteiger partial charge in [0.05, 0.1) is 18.8 Å². The van der Waals surface area contributed by atoms with E-state index < -0.39 is 0 Å². The Morgan fingerprint density at radius 2 is 2.06 bits per heavy atom. The van der Waals surface area contributed by atoms with Gasteiger partial charge in [-0.1, -0.05) is 6.92 Å². The molecule has 0 saturated carbocycles. The van der Waals surface area contributed by atoms with Crippen molar-refractivity contribution >= 4 is 0 Å². The van der Waals surface area contributed by atoms with E-state index >= 15 is 0 Å². The predicted molar refractivity (Wildman–Crippen MR) is 62.0 cm³/mol. The van der Waals surface area contributed by atoms with E-state index in [4.69, 9.17) is 8.83 Å². The van der Waals surface area contributed by atoms with Crippen LogP contribution in [0.2, 0.25) is 0 Å². The van der Waals surface area contributed by atoms with Gasteiger partial charge in [-0.25, -0.2) is 0 Å². The van der Waals surface area contributed by atoms with Gasteiger partial charge < -0.3 is 14.2 Å². The maximum Gasteiger partial charge on any atom is 0.120 e. The molecule has 0 aliphatic rings. The van der Waals surface area contributed by atoms with Crippen molar-refractivity contribution in [3.63, 3.8) is 0 Å². The lowest BCUT2D eigenvalue weighted by Crippen LogP contribution is -2.17. The summed E-state index contributed by atoms with van der Waals surface area (Å²) in [4.78, 5) is 0. The highest BCUT2D eigenvalue weighted by molar-refractivity contribution is 5.08. The molecule has 1 N–H and O–H groups in total. The summed E-state index contributed by atoms with van der Waals surface area (Å²) in [5.41, 5.74) is 0. The van der Waals surface area contributed by atoms with Gasteiger partial charge in [-0.3, -0.25) is 0 Å². The van der Waals surface area contributed by atoms with Crippen LogP contribution < -0.4 is 5.32 Å². The number of furan rings is 2. The Morgan fingerprint density at radius 3 is 2.69 bits per heavy atom. The Morgan fingerprint density at radius 1 is 1.25 bits per heavy atom. The fraction of sp³-hybridized carbons (Fsp3) is 0.385. The van der Waals surface area contributed by atoms with Gasteiger partial charge >= 0.3 is 0 Å². The van der Waals surface area contributed by atoms with Crippen molar-refractivity contribution in [3.8, 4) is 0 Å². The fourth-order valence-electron chi connectivity index (χ4n) is 1.60. The number of nitrogens with one attached hydrogen (secondary N) is 1. The summed E-state index contributed by atoms with van der Waals surface area (Å²) >= 11 is 0. The molecule has 0 aromatic carbocycles. The lowest BCUT2D eigenvalue weighted by atomic mass is 10.2. The minimum Gasteiger partial charge on any atom is -0.468 e.